The second-order valence-corrected chi connectivity index (χ2v) is 4.76. The van der Waals surface area contributed by atoms with Crippen molar-refractivity contribution in [3.63, 3.8) is 0 Å². The van der Waals surface area contributed by atoms with Crippen molar-refractivity contribution in [1.29, 1.82) is 0 Å². The van der Waals surface area contributed by atoms with Gasteiger partial charge in [-0.1, -0.05) is 12.8 Å². The van der Waals surface area contributed by atoms with Gasteiger partial charge in [0.25, 0.3) is 0 Å². The summed E-state index contributed by atoms with van der Waals surface area (Å²) in [7, 11) is 0. The quantitative estimate of drug-likeness (QED) is 0.829. The molecule has 0 radical (unpaired) electrons. The average Bonchev–Trinajstić information content (AvgIpc) is 2.74. The molecule has 1 aliphatic heterocycles. The van der Waals surface area contributed by atoms with Crippen LogP contribution in [0.1, 0.15) is 32.1 Å². The smallest absolute Gasteiger partial charge is 0.317 e. The Hall–Kier alpha value is -1.52. The van der Waals surface area contributed by atoms with E-state index in [2.05, 4.69) is 10.4 Å². The van der Waals surface area contributed by atoms with Crippen LogP contribution < -0.4 is 5.32 Å². The fraction of sp³-hybridized carbons (Fsp3) is 0.692. The van der Waals surface area contributed by atoms with Crippen molar-refractivity contribution in [2.75, 3.05) is 19.6 Å². The van der Waals surface area contributed by atoms with Crippen LogP contribution in [0.15, 0.2) is 18.5 Å². The molecule has 0 atom stereocenters. The molecule has 0 spiro atoms. The third-order valence-corrected chi connectivity index (χ3v) is 3.29. The van der Waals surface area contributed by atoms with Gasteiger partial charge in [-0.05, 0) is 25.3 Å². The first-order valence-electron chi connectivity index (χ1n) is 6.86. The van der Waals surface area contributed by atoms with Gasteiger partial charge in [-0.2, -0.15) is 5.10 Å². The summed E-state index contributed by atoms with van der Waals surface area (Å²) in [6.45, 7) is 3.39. The fourth-order valence-corrected chi connectivity index (χ4v) is 2.25. The molecule has 2 rings (SSSR count). The number of likely N-dealkylation sites (tertiary alicyclic amines) is 1. The lowest BCUT2D eigenvalue weighted by Crippen LogP contribution is -2.41. The zero-order chi connectivity index (χ0) is 12.6. The third-order valence-electron chi connectivity index (χ3n) is 3.29. The van der Waals surface area contributed by atoms with Gasteiger partial charge in [0.1, 0.15) is 0 Å². The number of carbonyl (C=O) groups is 1. The van der Waals surface area contributed by atoms with Gasteiger partial charge in [-0.15, -0.1) is 0 Å². The Morgan fingerprint density at radius 2 is 2.00 bits per heavy atom. The molecule has 2 heterocycles. The van der Waals surface area contributed by atoms with E-state index < -0.39 is 0 Å². The zero-order valence-electron chi connectivity index (χ0n) is 10.8. The van der Waals surface area contributed by atoms with Crippen molar-refractivity contribution >= 4 is 6.03 Å². The minimum Gasteiger partial charge on any atom is -0.338 e. The Kier molecular flexibility index (Phi) is 5.05. The number of carbonyl (C=O) groups excluding carboxylic acids is 1. The normalized spacial score (nSPS) is 16.3. The summed E-state index contributed by atoms with van der Waals surface area (Å²) in [5.41, 5.74) is 0. The maximum absolute atomic E-state index is 11.9. The van der Waals surface area contributed by atoms with Crippen molar-refractivity contribution in [1.82, 2.24) is 20.0 Å². The van der Waals surface area contributed by atoms with Crippen LogP contribution in [0.4, 0.5) is 4.79 Å². The van der Waals surface area contributed by atoms with Gasteiger partial charge < -0.3 is 10.2 Å². The van der Waals surface area contributed by atoms with Crippen LogP contribution >= 0.6 is 0 Å². The molecule has 0 bridgehead atoms. The fourth-order valence-electron chi connectivity index (χ4n) is 2.25. The van der Waals surface area contributed by atoms with Gasteiger partial charge in [0.2, 0.25) is 0 Å². The molecule has 0 aliphatic carbocycles. The number of hydrogen-bond donors (Lipinski definition) is 1. The molecule has 0 saturated carbocycles. The summed E-state index contributed by atoms with van der Waals surface area (Å²) in [5, 5.41) is 7.12. The number of nitrogens with zero attached hydrogens (tertiary/aromatic N) is 3. The topological polar surface area (TPSA) is 50.2 Å². The van der Waals surface area contributed by atoms with E-state index in [1.165, 1.54) is 12.8 Å². The first kappa shape index (κ1) is 12.9. The predicted octanol–water partition coefficient (Wildman–Crippen LogP) is 1.86. The molecule has 0 aromatic carbocycles. The van der Waals surface area contributed by atoms with Crippen molar-refractivity contribution in [2.45, 2.75) is 38.6 Å². The molecule has 2 amide bonds. The number of rotatable bonds is 4. The van der Waals surface area contributed by atoms with E-state index in [0.29, 0.717) is 0 Å². The van der Waals surface area contributed by atoms with Crippen LogP contribution in [0.5, 0.6) is 0 Å². The van der Waals surface area contributed by atoms with Gasteiger partial charge in [0.05, 0.1) is 0 Å². The number of amides is 2. The predicted molar refractivity (Wildman–Crippen MR) is 70.3 cm³/mol. The van der Waals surface area contributed by atoms with E-state index in [1.807, 2.05) is 21.8 Å². The molecule has 1 saturated heterocycles. The van der Waals surface area contributed by atoms with Crippen LogP contribution in [0.25, 0.3) is 0 Å². The Morgan fingerprint density at radius 1 is 1.22 bits per heavy atom. The molecule has 1 aromatic heterocycles. The third kappa shape index (κ3) is 4.05. The van der Waals surface area contributed by atoms with Crippen molar-refractivity contribution in [3.05, 3.63) is 18.5 Å². The van der Waals surface area contributed by atoms with Crippen molar-refractivity contribution in [2.24, 2.45) is 0 Å². The number of aryl methyl sites for hydroxylation is 1. The Morgan fingerprint density at radius 3 is 2.67 bits per heavy atom. The molecule has 1 aliphatic rings. The molecular formula is C13H22N4O. The van der Waals surface area contributed by atoms with Gasteiger partial charge in [0.15, 0.2) is 0 Å². The van der Waals surface area contributed by atoms with E-state index in [4.69, 9.17) is 0 Å². The van der Waals surface area contributed by atoms with Crippen molar-refractivity contribution in [3.8, 4) is 0 Å². The maximum Gasteiger partial charge on any atom is 0.317 e. The van der Waals surface area contributed by atoms with Crippen LogP contribution in [0, 0.1) is 0 Å². The highest BCUT2D eigenvalue weighted by Crippen LogP contribution is 2.09. The first-order valence-corrected chi connectivity index (χ1v) is 6.86. The largest absolute Gasteiger partial charge is 0.338 e. The molecule has 0 unspecified atom stereocenters. The number of nitrogens with one attached hydrogen (secondary N) is 1. The van der Waals surface area contributed by atoms with E-state index in [9.17, 15) is 4.79 Å². The van der Waals surface area contributed by atoms with Gasteiger partial charge in [-0.3, -0.25) is 4.68 Å². The number of hydrogen-bond acceptors (Lipinski definition) is 2. The highest BCUT2D eigenvalue weighted by atomic mass is 16.2. The monoisotopic (exact) mass is 250 g/mol. The molecule has 1 fully saturated rings. The Bertz CT molecular complexity index is 342. The Labute approximate surface area is 108 Å². The highest BCUT2D eigenvalue weighted by Gasteiger charge is 2.14. The van der Waals surface area contributed by atoms with Gasteiger partial charge in [0, 0.05) is 38.6 Å². The summed E-state index contributed by atoms with van der Waals surface area (Å²) in [6, 6.07) is 2.01. The second-order valence-electron chi connectivity index (χ2n) is 4.76. The molecular weight excluding hydrogens is 228 g/mol. The van der Waals surface area contributed by atoms with Gasteiger partial charge >= 0.3 is 6.03 Å². The number of aromatic nitrogens is 2. The van der Waals surface area contributed by atoms with E-state index in [-0.39, 0.29) is 6.03 Å². The van der Waals surface area contributed by atoms with Crippen LogP contribution in [-0.2, 0) is 6.54 Å². The van der Waals surface area contributed by atoms with Crippen LogP contribution in [-0.4, -0.2) is 40.3 Å². The van der Waals surface area contributed by atoms with E-state index in [1.54, 1.807) is 6.20 Å². The SMILES string of the molecule is O=C(NCCCn1cccn1)N1CCCCCC1. The second kappa shape index (κ2) is 7.03. The molecule has 5 heteroatoms. The molecule has 18 heavy (non-hydrogen) atoms. The minimum absolute atomic E-state index is 0.0948. The van der Waals surface area contributed by atoms with Crippen LogP contribution in [0.3, 0.4) is 0 Å². The molecule has 1 aromatic rings. The van der Waals surface area contributed by atoms with E-state index in [0.717, 1.165) is 45.4 Å². The summed E-state index contributed by atoms with van der Waals surface area (Å²) < 4.78 is 1.89. The summed E-state index contributed by atoms with van der Waals surface area (Å²) in [4.78, 5) is 13.8. The first-order chi connectivity index (χ1) is 8.86. The number of urea groups is 1. The summed E-state index contributed by atoms with van der Waals surface area (Å²) >= 11 is 0. The Balaban J connectivity index is 1.61. The lowest BCUT2D eigenvalue weighted by molar-refractivity contribution is 0.199. The minimum atomic E-state index is 0.0948. The van der Waals surface area contributed by atoms with Crippen molar-refractivity contribution < 1.29 is 4.79 Å². The summed E-state index contributed by atoms with van der Waals surface area (Å²) in [6.07, 6.45) is 9.42. The lowest BCUT2D eigenvalue weighted by atomic mass is 10.2. The average molecular weight is 250 g/mol. The van der Waals surface area contributed by atoms with Crippen LogP contribution in [0.2, 0.25) is 0 Å². The highest BCUT2D eigenvalue weighted by molar-refractivity contribution is 5.74. The lowest BCUT2D eigenvalue weighted by Gasteiger charge is -2.20. The summed E-state index contributed by atoms with van der Waals surface area (Å²) in [5.74, 6) is 0. The standard InChI is InChI=1S/C13H22N4O/c18-13(16-9-3-1-2-4-10-16)14-7-5-11-17-12-6-8-15-17/h6,8,12H,1-5,7,9-11H2,(H,14,18). The molecule has 100 valence electrons. The van der Waals surface area contributed by atoms with Gasteiger partial charge in [-0.25, -0.2) is 4.79 Å². The zero-order valence-corrected chi connectivity index (χ0v) is 10.8. The molecule has 1 N–H and O–H groups in total. The molecule has 5 nitrogen and oxygen atoms in total. The maximum atomic E-state index is 11.9. The van der Waals surface area contributed by atoms with E-state index >= 15 is 0 Å².